The fraction of sp³-hybridized carbons (Fsp3) is 0.833. The smallest absolute Gasteiger partial charge is 0.161 e. The number of hydrogen-bond donors (Lipinski definition) is 0. The molecule has 31 heavy (non-hydrogen) atoms. The van der Waals surface area contributed by atoms with Gasteiger partial charge in [0.05, 0.1) is 0 Å². The molecule has 0 aromatic carbocycles. The summed E-state index contributed by atoms with van der Waals surface area (Å²) in [5.41, 5.74) is 2.68. The van der Waals surface area contributed by atoms with Crippen molar-refractivity contribution in [3.63, 3.8) is 0 Å². The van der Waals surface area contributed by atoms with Crippen LogP contribution in [0.25, 0.3) is 0 Å². The fourth-order valence-electron chi connectivity index (χ4n) is 10.8. The van der Waals surface area contributed by atoms with Gasteiger partial charge in [-0.1, -0.05) is 59.8 Å². The third kappa shape index (κ3) is 2.53. The van der Waals surface area contributed by atoms with Gasteiger partial charge in [-0.15, -0.1) is 0 Å². The van der Waals surface area contributed by atoms with Crippen molar-refractivity contribution in [3.05, 3.63) is 24.3 Å². The number of fused-ring (bicyclic) bond motifs is 7. The van der Waals surface area contributed by atoms with Crippen LogP contribution in [0.2, 0.25) is 0 Å². The van der Waals surface area contributed by atoms with Crippen molar-refractivity contribution in [3.8, 4) is 0 Å². The molecule has 4 fully saturated rings. The maximum atomic E-state index is 12.8. The average Bonchev–Trinajstić information content (AvgIpc) is 3.04. The zero-order valence-corrected chi connectivity index (χ0v) is 21.3. The van der Waals surface area contributed by atoms with Crippen LogP contribution >= 0.6 is 0 Å². The Labute approximate surface area is 191 Å². The molecule has 9 atom stereocenters. The zero-order valence-electron chi connectivity index (χ0n) is 21.3. The van der Waals surface area contributed by atoms with Crippen molar-refractivity contribution in [2.75, 3.05) is 0 Å². The molecular weight excluding hydrogens is 376 g/mol. The highest BCUT2D eigenvalue weighted by atomic mass is 16.1. The SMILES string of the molecule is C=C(C)[C@@H]1CC[C@]2(C)CC[C@]3(C)[C@H](CC[C@@H]4[C@@]5(C)C=CC(=O)C(C)(C)[C@@H]5CC[C@]43C)[C@@H]12. The van der Waals surface area contributed by atoms with Gasteiger partial charge in [0.15, 0.2) is 5.78 Å². The van der Waals surface area contributed by atoms with Gasteiger partial charge in [0.25, 0.3) is 0 Å². The van der Waals surface area contributed by atoms with Gasteiger partial charge < -0.3 is 0 Å². The first kappa shape index (κ1) is 22.0. The molecule has 0 aromatic heterocycles. The molecule has 0 amide bonds. The van der Waals surface area contributed by atoms with Crippen LogP contribution in [0.1, 0.15) is 99.8 Å². The highest BCUT2D eigenvalue weighted by molar-refractivity contribution is 5.95. The minimum atomic E-state index is -0.218. The Hall–Kier alpha value is -0.850. The molecule has 0 bridgehead atoms. The highest BCUT2D eigenvalue weighted by Crippen LogP contribution is 2.76. The van der Waals surface area contributed by atoms with Gasteiger partial charge in [-0.05, 0) is 116 Å². The van der Waals surface area contributed by atoms with Crippen LogP contribution in [0.3, 0.4) is 0 Å². The molecule has 0 aliphatic heterocycles. The van der Waals surface area contributed by atoms with Crippen LogP contribution < -0.4 is 0 Å². The summed E-state index contributed by atoms with van der Waals surface area (Å²) in [5.74, 6) is 3.91. The molecule has 5 rings (SSSR count). The molecule has 0 unspecified atom stereocenters. The second-order valence-corrected chi connectivity index (χ2v) is 14.1. The maximum Gasteiger partial charge on any atom is 0.161 e. The van der Waals surface area contributed by atoms with E-state index in [4.69, 9.17) is 0 Å². The van der Waals surface area contributed by atoms with Crippen molar-refractivity contribution in [2.45, 2.75) is 99.8 Å². The van der Waals surface area contributed by atoms with E-state index in [-0.39, 0.29) is 10.8 Å². The largest absolute Gasteiger partial charge is 0.294 e. The minimum Gasteiger partial charge on any atom is -0.294 e. The molecule has 5 aliphatic carbocycles. The van der Waals surface area contributed by atoms with Crippen molar-refractivity contribution in [2.24, 2.45) is 56.7 Å². The average molecular weight is 423 g/mol. The van der Waals surface area contributed by atoms with E-state index < -0.39 is 0 Å². The molecule has 0 saturated heterocycles. The molecule has 0 heterocycles. The Morgan fingerprint density at radius 3 is 2.26 bits per heavy atom. The Kier molecular flexibility index (Phi) is 4.52. The number of rotatable bonds is 1. The molecule has 5 aliphatic rings. The second kappa shape index (κ2) is 6.38. The monoisotopic (exact) mass is 422 g/mol. The third-order valence-electron chi connectivity index (χ3n) is 12.8. The fourth-order valence-corrected chi connectivity index (χ4v) is 10.8. The molecule has 4 saturated carbocycles. The summed E-state index contributed by atoms with van der Waals surface area (Å²) in [7, 11) is 0. The van der Waals surface area contributed by atoms with Gasteiger partial charge in [-0.25, -0.2) is 0 Å². The molecule has 1 nitrogen and oxygen atoms in total. The van der Waals surface area contributed by atoms with Gasteiger partial charge in [-0.3, -0.25) is 4.79 Å². The second-order valence-electron chi connectivity index (χ2n) is 14.1. The van der Waals surface area contributed by atoms with E-state index >= 15 is 0 Å². The number of carbonyl (C=O) groups excluding carboxylic acids is 1. The van der Waals surface area contributed by atoms with E-state index in [1.807, 2.05) is 6.08 Å². The minimum absolute atomic E-state index is 0.155. The van der Waals surface area contributed by atoms with E-state index in [1.165, 1.54) is 56.9 Å². The Morgan fingerprint density at radius 1 is 0.871 bits per heavy atom. The molecule has 1 heteroatoms. The Bertz CT molecular complexity index is 848. The molecule has 0 aromatic rings. The maximum absolute atomic E-state index is 12.8. The van der Waals surface area contributed by atoms with Gasteiger partial charge in [-0.2, -0.15) is 0 Å². The summed E-state index contributed by atoms with van der Waals surface area (Å²) in [4.78, 5) is 12.8. The predicted molar refractivity (Wildman–Crippen MR) is 130 cm³/mol. The standard InChI is InChI=1S/C30H46O/c1-19(2)20-11-14-27(5)17-18-29(7)21(25(20)27)9-10-23-28(6)15-13-24(31)26(3,4)22(28)12-16-30(23,29)8/h13,15,20-23,25H,1,9-12,14,16-18H2,2-8H3/t20-,21+,22-,23+,25+,27+,28-,29+,30+/m0/s1. The first-order valence-corrected chi connectivity index (χ1v) is 13.2. The third-order valence-corrected chi connectivity index (χ3v) is 12.8. The summed E-state index contributed by atoms with van der Waals surface area (Å²) in [5, 5.41) is 0. The van der Waals surface area contributed by atoms with E-state index in [0.717, 1.165) is 17.8 Å². The van der Waals surface area contributed by atoms with E-state index in [1.54, 1.807) is 0 Å². The first-order chi connectivity index (χ1) is 14.3. The molecule has 0 radical (unpaired) electrons. The molecule has 0 spiro atoms. The topological polar surface area (TPSA) is 17.1 Å². The van der Waals surface area contributed by atoms with Crippen molar-refractivity contribution in [1.29, 1.82) is 0 Å². The zero-order chi connectivity index (χ0) is 22.6. The van der Waals surface area contributed by atoms with Crippen LogP contribution in [0.5, 0.6) is 0 Å². The predicted octanol–water partition coefficient (Wildman–Crippen LogP) is 8.01. The lowest BCUT2D eigenvalue weighted by molar-refractivity contribution is -0.216. The lowest BCUT2D eigenvalue weighted by Gasteiger charge is -2.71. The first-order valence-electron chi connectivity index (χ1n) is 13.2. The number of hydrogen-bond acceptors (Lipinski definition) is 1. The van der Waals surface area contributed by atoms with Gasteiger partial charge in [0.1, 0.15) is 0 Å². The number of allylic oxidation sites excluding steroid dienone is 3. The number of carbonyl (C=O) groups is 1. The highest BCUT2D eigenvalue weighted by Gasteiger charge is 2.69. The normalized spacial score (nSPS) is 55.1. The van der Waals surface area contributed by atoms with Crippen molar-refractivity contribution in [1.82, 2.24) is 0 Å². The van der Waals surface area contributed by atoms with Crippen LogP contribution in [-0.4, -0.2) is 5.78 Å². The van der Waals surface area contributed by atoms with Crippen LogP contribution in [-0.2, 0) is 4.79 Å². The van der Waals surface area contributed by atoms with Gasteiger partial charge >= 0.3 is 0 Å². The van der Waals surface area contributed by atoms with Crippen LogP contribution in [0, 0.1) is 56.7 Å². The van der Waals surface area contributed by atoms with E-state index in [9.17, 15) is 4.79 Å². The Balaban J connectivity index is 1.57. The summed E-state index contributed by atoms with van der Waals surface area (Å²) in [6, 6.07) is 0. The van der Waals surface area contributed by atoms with Crippen molar-refractivity contribution >= 4 is 5.78 Å². The summed E-state index contributed by atoms with van der Waals surface area (Å²) >= 11 is 0. The summed E-state index contributed by atoms with van der Waals surface area (Å²) in [6.07, 6.45) is 15.1. The molecule has 172 valence electrons. The lowest BCUT2D eigenvalue weighted by atomic mass is 9.33. The quantitative estimate of drug-likeness (QED) is 0.391. The number of ketones is 1. The van der Waals surface area contributed by atoms with Crippen molar-refractivity contribution < 1.29 is 4.79 Å². The summed E-state index contributed by atoms with van der Waals surface area (Å²) in [6.45, 7) is 21.7. The lowest BCUT2D eigenvalue weighted by Crippen LogP contribution is -2.65. The van der Waals surface area contributed by atoms with Crippen LogP contribution in [0.4, 0.5) is 0 Å². The van der Waals surface area contributed by atoms with E-state index in [2.05, 4.69) is 61.1 Å². The summed E-state index contributed by atoms with van der Waals surface area (Å²) < 4.78 is 0. The van der Waals surface area contributed by atoms with Crippen LogP contribution in [0.15, 0.2) is 24.3 Å². The molecular formula is C30H46O. The van der Waals surface area contributed by atoms with E-state index in [0.29, 0.717) is 33.9 Å². The van der Waals surface area contributed by atoms with Gasteiger partial charge in [0.2, 0.25) is 0 Å². The Morgan fingerprint density at radius 2 is 1.58 bits per heavy atom. The molecule has 0 N–H and O–H groups in total. The van der Waals surface area contributed by atoms with Gasteiger partial charge in [0, 0.05) is 5.41 Å².